The zero-order valence-electron chi connectivity index (χ0n) is 15.9. The molecule has 2 aliphatic rings. The Labute approximate surface area is 171 Å². The summed E-state index contributed by atoms with van der Waals surface area (Å²) in [4.78, 5) is 0. The van der Waals surface area contributed by atoms with E-state index in [4.69, 9.17) is 0 Å². The summed E-state index contributed by atoms with van der Waals surface area (Å²) >= 11 is 3.90. The molecule has 28 heavy (non-hydrogen) atoms. The summed E-state index contributed by atoms with van der Waals surface area (Å²) in [5.74, 6) is 4.43. The van der Waals surface area contributed by atoms with Crippen LogP contribution in [0.2, 0.25) is 0 Å². The molecule has 0 radical (unpaired) electrons. The molecule has 0 N–H and O–H groups in total. The van der Waals surface area contributed by atoms with Gasteiger partial charge < -0.3 is 0 Å². The summed E-state index contributed by atoms with van der Waals surface area (Å²) in [6, 6.07) is 9.23. The van der Waals surface area contributed by atoms with Gasteiger partial charge in [-0.2, -0.15) is 0 Å². The molecule has 2 nitrogen and oxygen atoms in total. The number of hydrogen-bond acceptors (Lipinski definition) is 0. The minimum absolute atomic E-state index is 0.177. The van der Waals surface area contributed by atoms with E-state index in [1.165, 1.54) is 59.2 Å². The van der Waals surface area contributed by atoms with Crippen molar-refractivity contribution in [2.75, 3.05) is 0 Å². The quantitative estimate of drug-likeness (QED) is 0.268. The van der Waals surface area contributed by atoms with Crippen LogP contribution in [0.5, 0.6) is 0 Å². The Morgan fingerprint density at radius 3 is 2.71 bits per heavy atom. The van der Waals surface area contributed by atoms with Crippen LogP contribution in [0.3, 0.4) is 0 Å². The van der Waals surface area contributed by atoms with Crippen molar-refractivity contribution in [2.45, 2.75) is 32.4 Å². The third kappa shape index (κ3) is 1.55. The van der Waals surface area contributed by atoms with E-state index in [2.05, 4.69) is 94.2 Å². The van der Waals surface area contributed by atoms with Gasteiger partial charge in [0.1, 0.15) is 0 Å². The number of hydrogen-bond donors (Lipinski definition) is 0. The standard InChI is InChI=1S/C24H18BBrN2/c1-24(2)27-19-6-4-3-5-13(19)16-11-18(26)15-8-7-14-17-12-25-10-9-20(17)28(24)22(14)21(15)23(16)27/h4,6-12H,3,5H2,1-2H3. The number of halogens is 1. The van der Waals surface area contributed by atoms with Crippen molar-refractivity contribution >= 4 is 72.4 Å². The average Bonchev–Trinajstić information content (AvgIpc) is 3.22. The fourth-order valence-electron chi connectivity index (χ4n) is 5.86. The van der Waals surface area contributed by atoms with Gasteiger partial charge in [-0.05, 0) is 0 Å². The van der Waals surface area contributed by atoms with Crippen LogP contribution in [0.1, 0.15) is 31.5 Å². The van der Waals surface area contributed by atoms with Gasteiger partial charge in [0.05, 0.1) is 0 Å². The third-order valence-electron chi connectivity index (χ3n) is 6.89. The normalized spacial score (nSPS) is 16.8. The molecule has 4 heterocycles. The summed E-state index contributed by atoms with van der Waals surface area (Å²) in [5.41, 5.74) is 6.80. The van der Waals surface area contributed by atoms with Crippen molar-refractivity contribution in [3.63, 3.8) is 0 Å². The molecule has 0 fully saturated rings. The number of fused-ring (bicyclic) bond motifs is 6. The summed E-state index contributed by atoms with van der Waals surface area (Å²) < 4.78 is 6.37. The summed E-state index contributed by atoms with van der Waals surface area (Å²) in [6.07, 6.45) is 6.92. The Bertz CT molecular complexity index is 1550. The third-order valence-corrected chi connectivity index (χ3v) is 7.54. The number of allylic oxidation sites excluding steroid dienone is 1. The molecule has 1 aliphatic heterocycles. The molecular formula is C24H18BBrN2. The van der Waals surface area contributed by atoms with Crippen LogP contribution in [0, 0.1) is 0 Å². The molecule has 0 saturated heterocycles. The Morgan fingerprint density at radius 1 is 1.00 bits per heavy atom. The number of benzene rings is 2. The van der Waals surface area contributed by atoms with Crippen LogP contribution in [0.15, 0.2) is 46.7 Å². The number of aromatic nitrogens is 2. The molecule has 0 spiro atoms. The molecule has 0 saturated carbocycles. The monoisotopic (exact) mass is 424 g/mol. The second-order valence-corrected chi connectivity index (χ2v) is 9.48. The first-order chi connectivity index (χ1) is 13.6. The van der Waals surface area contributed by atoms with Gasteiger partial charge in [0.25, 0.3) is 0 Å². The number of aryl methyl sites for hydroxylation is 1. The van der Waals surface area contributed by atoms with Crippen LogP contribution >= 0.6 is 15.9 Å². The van der Waals surface area contributed by atoms with Crippen molar-refractivity contribution in [1.82, 2.24) is 9.13 Å². The van der Waals surface area contributed by atoms with Gasteiger partial charge in [0.2, 0.25) is 0 Å². The second-order valence-electron chi connectivity index (χ2n) is 8.63. The van der Waals surface area contributed by atoms with E-state index in [9.17, 15) is 0 Å². The van der Waals surface area contributed by atoms with Gasteiger partial charge in [-0.3, -0.25) is 0 Å². The van der Waals surface area contributed by atoms with Crippen LogP contribution < -0.4 is 0 Å². The topological polar surface area (TPSA) is 9.86 Å². The zero-order valence-corrected chi connectivity index (χ0v) is 17.5. The van der Waals surface area contributed by atoms with E-state index in [0.29, 0.717) is 0 Å². The van der Waals surface area contributed by atoms with E-state index in [-0.39, 0.29) is 5.66 Å². The molecule has 3 aromatic heterocycles. The van der Waals surface area contributed by atoms with Crippen molar-refractivity contribution in [2.24, 2.45) is 0 Å². The van der Waals surface area contributed by atoms with Gasteiger partial charge in [0.15, 0.2) is 0 Å². The second kappa shape index (κ2) is 4.80. The molecule has 4 heteroatoms. The molecule has 1 aliphatic carbocycles. The SMILES string of the molecule is CC1(C)n2c3c(c4cc(Br)c5ccc6c7cbccc7n1c6c5c42)CCC=C3. The van der Waals surface area contributed by atoms with Crippen molar-refractivity contribution < 1.29 is 0 Å². The fourth-order valence-corrected chi connectivity index (χ4v) is 6.42. The summed E-state index contributed by atoms with van der Waals surface area (Å²) in [6.45, 7) is 6.89. The average molecular weight is 425 g/mol. The van der Waals surface area contributed by atoms with E-state index >= 15 is 0 Å². The Balaban J connectivity index is 1.91. The van der Waals surface area contributed by atoms with Crippen LogP contribution in [0.25, 0.3) is 49.6 Å². The molecule has 0 amide bonds. The van der Waals surface area contributed by atoms with Crippen LogP contribution in [-0.2, 0) is 12.1 Å². The van der Waals surface area contributed by atoms with Gasteiger partial charge >= 0.3 is 172 Å². The summed E-state index contributed by atoms with van der Waals surface area (Å²) in [5, 5.41) is 6.81. The summed E-state index contributed by atoms with van der Waals surface area (Å²) in [7, 11) is 0. The Morgan fingerprint density at radius 2 is 1.82 bits per heavy atom. The molecule has 2 aromatic carbocycles. The Kier molecular flexibility index (Phi) is 2.67. The first kappa shape index (κ1) is 15.6. The van der Waals surface area contributed by atoms with Gasteiger partial charge in [-0.1, -0.05) is 0 Å². The molecular weight excluding hydrogens is 407 g/mol. The predicted molar refractivity (Wildman–Crippen MR) is 124 cm³/mol. The maximum atomic E-state index is 3.90. The van der Waals surface area contributed by atoms with Crippen molar-refractivity contribution in [1.29, 1.82) is 0 Å². The number of nitrogens with zero attached hydrogens (tertiary/aromatic N) is 2. The fraction of sp³-hybridized carbons (Fsp3) is 0.208. The van der Waals surface area contributed by atoms with E-state index in [0.717, 1.165) is 12.8 Å². The van der Waals surface area contributed by atoms with Gasteiger partial charge in [0, 0.05) is 0 Å². The van der Waals surface area contributed by atoms with E-state index < -0.39 is 0 Å². The molecule has 0 bridgehead atoms. The van der Waals surface area contributed by atoms with Crippen LogP contribution in [-0.4, -0.2) is 16.0 Å². The molecule has 7 rings (SSSR count). The molecule has 0 unspecified atom stereocenters. The first-order valence-corrected chi connectivity index (χ1v) is 10.8. The minimum atomic E-state index is -0.177. The maximum absolute atomic E-state index is 3.90. The molecule has 5 aromatic rings. The van der Waals surface area contributed by atoms with Gasteiger partial charge in [-0.25, -0.2) is 0 Å². The molecule has 0 atom stereocenters. The predicted octanol–water partition coefficient (Wildman–Crippen LogP) is 6.52. The number of rotatable bonds is 0. The van der Waals surface area contributed by atoms with Gasteiger partial charge in [-0.15, -0.1) is 0 Å². The van der Waals surface area contributed by atoms with Crippen LogP contribution in [0.4, 0.5) is 0 Å². The Hall–Kier alpha value is -2.33. The van der Waals surface area contributed by atoms with Crippen molar-refractivity contribution in [3.8, 4) is 0 Å². The van der Waals surface area contributed by atoms with E-state index in [1.807, 2.05) is 0 Å². The molecule has 134 valence electrons. The van der Waals surface area contributed by atoms with Crippen molar-refractivity contribution in [3.05, 3.63) is 58.0 Å². The van der Waals surface area contributed by atoms with E-state index in [1.54, 1.807) is 0 Å². The first-order valence-electron chi connectivity index (χ1n) is 9.98. The zero-order chi connectivity index (χ0) is 18.8.